The number of aromatic nitrogens is 1. The third-order valence-corrected chi connectivity index (χ3v) is 4.64. The van der Waals surface area contributed by atoms with Crippen molar-refractivity contribution in [2.75, 3.05) is 5.32 Å². The van der Waals surface area contributed by atoms with Gasteiger partial charge in [-0.15, -0.1) is 11.3 Å². The van der Waals surface area contributed by atoms with Crippen molar-refractivity contribution in [2.45, 2.75) is 6.54 Å². The lowest BCUT2D eigenvalue weighted by Crippen LogP contribution is -2.00. The molecular weight excluding hydrogens is 375 g/mol. The molecule has 118 valence electrons. The Morgan fingerprint density at radius 3 is 2.61 bits per heavy atom. The summed E-state index contributed by atoms with van der Waals surface area (Å²) in [6.45, 7) is 0.573. The highest BCUT2D eigenvalue weighted by Gasteiger charge is 2.09. The van der Waals surface area contributed by atoms with Gasteiger partial charge in [-0.05, 0) is 30.3 Å². The van der Waals surface area contributed by atoms with Gasteiger partial charge in [-0.2, -0.15) is 0 Å². The topological polar surface area (TPSA) is 34.1 Å². The van der Waals surface area contributed by atoms with Crippen LogP contribution in [0.15, 0.2) is 48.7 Å². The molecule has 0 amide bonds. The Balaban J connectivity index is 1.81. The van der Waals surface area contributed by atoms with E-state index in [9.17, 15) is 0 Å². The first-order valence-corrected chi connectivity index (χ1v) is 8.63. The molecule has 3 nitrogen and oxygen atoms in total. The third kappa shape index (κ3) is 4.30. The lowest BCUT2D eigenvalue weighted by Gasteiger charge is -2.13. The summed E-state index contributed by atoms with van der Waals surface area (Å²) in [6.07, 6.45) is 1.74. The van der Waals surface area contributed by atoms with Gasteiger partial charge in [0.1, 0.15) is 5.75 Å². The molecule has 1 heterocycles. The van der Waals surface area contributed by atoms with Crippen LogP contribution >= 0.6 is 46.1 Å². The van der Waals surface area contributed by atoms with E-state index in [1.165, 1.54) is 11.3 Å². The molecule has 7 heteroatoms. The van der Waals surface area contributed by atoms with Crippen LogP contribution in [0, 0.1) is 0 Å². The zero-order chi connectivity index (χ0) is 16.2. The van der Waals surface area contributed by atoms with Crippen molar-refractivity contribution in [3.05, 3.63) is 68.1 Å². The van der Waals surface area contributed by atoms with Gasteiger partial charge in [-0.25, -0.2) is 4.98 Å². The molecule has 3 aromatic rings. The second-order valence-electron chi connectivity index (χ2n) is 4.61. The summed E-state index contributed by atoms with van der Waals surface area (Å²) in [5.74, 6) is 1.22. The molecule has 0 aliphatic carbocycles. The summed E-state index contributed by atoms with van der Waals surface area (Å²) in [5.41, 5.74) is 0.766. The number of hydrogen-bond acceptors (Lipinski definition) is 4. The summed E-state index contributed by atoms with van der Waals surface area (Å²) in [6, 6.07) is 12.7. The minimum Gasteiger partial charge on any atom is -0.454 e. The first-order valence-electron chi connectivity index (χ1n) is 6.68. The molecule has 0 saturated heterocycles. The monoisotopic (exact) mass is 384 g/mol. The van der Waals surface area contributed by atoms with E-state index < -0.39 is 0 Å². The quantitative estimate of drug-likeness (QED) is 0.543. The van der Waals surface area contributed by atoms with Gasteiger partial charge in [0.2, 0.25) is 0 Å². The predicted molar refractivity (Wildman–Crippen MR) is 97.4 cm³/mol. The number of halogens is 3. The standard InChI is InChI=1S/C16H11Cl3N2OS/c17-10-5-6-15(22-14-4-2-1-3-12(14)18)13(7-10)20-8-11-9-21-16(19)23-11/h1-7,9,20H,8H2. The van der Waals surface area contributed by atoms with E-state index in [0.717, 1.165) is 10.6 Å². The van der Waals surface area contributed by atoms with Crippen LogP contribution in [0.25, 0.3) is 0 Å². The van der Waals surface area contributed by atoms with E-state index in [4.69, 9.17) is 39.5 Å². The smallest absolute Gasteiger partial charge is 0.183 e. The van der Waals surface area contributed by atoms with Crippen LogP contribution < -0.4 is 10.1 Å². The molecule has 0 fully saturated rings. The maximum Gasteiger partial charge on any atom is 0.183 e. The van der Waals surface area contributed by atoms with Crippen LogP contribution in [-0.2, 0) is 6.54 Å². The Morgan fingerprint density at radius 1 is 1.04 bits per heavy atom. The van der Waals surface area contributed by atoms with Crippen molar-refractivity contribution in [1.82, 2.24) is 4.98 Å². The molecule has 0 bridgehead atoms. The molecule has 2 aromatic carbocycles. The summed E-state index contributed by atoms with van der Waals surface area (Å²) in [7, 11) is 0. The number of anilines is 1. The van der Waals surface area contributed by atoms with Crippen molar-refractivity contribution >= 4 is 51.8 Å². The van der Waals surface area contributed by atoms with Crippen LogP contribution in [-0.4, -0.2) is 4.98 Å². The van der Waals surface area contributed by atoms with E-state index in [1.54, 1.807) is 30.5 Å². The van der Waals surface area contributed by atoms with E-state index in [0.29, 0.717) is 32.6 Å². The number of nitrogens with zero attached hydrogens (tertiary/aromatic N) is 1. The minimum atomic E-state index is 0.514. The molecule has 1 aromatic heterocycles. The van der Waals surface area contributed by atoms with E-state index >= 15 is 0 Å². The minimum absolute atomic E-state index is 0.514. The van der Waals surface area contributed by atoms with E-state index in [1.807, 2.05) is 18.2 Å². The number of para-hydroxylation sites is 1. The van der Waals surface area contributed by atoms with Crippen molar-refractivity contribution in [1.29, 1.82) is 0 Å². The molecule has 0 saturated carbocycles. The zero-order valence-electron chi connectivity index (χ0n) is 11.7. The maximum atomic E-state index is 6.14. The summed E-state index contributed by atoms with van der Waals surface area (Å²) in [5, 5.41) is 4.44. The van der Waals surface area contributed by atoms with Gasteiger partial charge in [0.05, 0.1) is 17.3 Å². The Hall–Kier alpha value is -1.46. The molecule has 0 spiro atoms. The van der Waals surface area contributed by atoms with Crippen LogP contribution in [0.2, 0.25) is 14.5 Å². The molecule has 0 aliphatic rings. The second-order valence-corrected chi connectivity index (χ2v) is 7.15. The average molecular weight is 386 g/mol. The maximum absolute atomic E-state index is 6.14. The number of benzene rings is 2. The number of nitrogens with one attached hydrogen (secondary N) is 1. The van der Waals surface area contributed by atoms with Gasteiger partial charge in [0, 0.05) is 16.1 Å². The lowest BCUT2D eigenvalue weighted by molar-refractivity contribution is 0.484. The van der Waals surface area contributed by atoms with Gasteiger partial charge >= 0.3 is 0 Å². The highest BCUT2D eigenvalue weighted by molar-refractivity contribution is 7.15. The van der Waals surface area contributed by atoms with Crippen molar-refractivity contribution < 1.29 is 4.74 Å². The zero-order valence-corrected chi connectivity index (χ0v) is 14.8. The molecule has 23 heavy (non-hydrogen) atoms. The first kappa shape index (κ1) is 16.4. The predicted octanol–water partition coefficient (Wildman–Crippen LogP) is 6.51. The molecule has 0 radical (unpaired) electrons. The highest BCUT2D eigenvalue weighted by Crippen LogP contribution is 2.35. The molecule has 3 rings (SSSR count). The number of rotatable bonds is 5. The lowest BCUT2D eigenvalue weighted by atomic mass is 10.2. The summed E-state index contributed by atoms with van der Waals surface area (Å²) >= 11 is 19.5. The van der Waals surface area contributed by atoms with Gasteiger partial charge in [0.15, 0.2) is 10.2 Å². The molecule has 0 aliphatic heterocycles. The van der Waals surface area contributed by atoms with E-state index in [2.05, 4.69) is 10.3 Å². The normalized spacial score (nSPS) is 10.6. The molecular formula is C16H11Cl3N2OS. The average Bonchev–Trinajstić information content (AvgIpc) is 2.95. The van der Waals surface area contributed by atoms with E-state index in [-0.39, 0.29) is 0 Å². The molecule has 1 N–H and O–H groups in total. The third-order valence-electron chi connectivity index (χ3n) is 2.98. The Bertz CT molecular complexity index is 823. The Labute approximate surface area is 152 Å². The van der Waals surface area contributed by atoms with Gasteiger partial charge in [0.25, 0.3) is 0 Å². The SMILES string of the molecule is Clc1ccc(Oc2ccccc2Cl)c(NCc2cnc(Cl)s2)c1. The summed E-state index contributed by atoms with van der Waals surface area (Å²) in [4.78, 5) is 5.03. The van der Waals surface area contributed by atoms with Crippen LogP contribution in [0.3, 0.4) is 0 Å². The fourth-order valence-corrected chi connectivity index (χ4v) is 3.19. The van der Waals surface area contributed by atoms with Gasteiger partial charge in [-0.1, -0.05) is 46.9 Å². The number of ether oxygens (including phenoxy) is 1. The number of hydrogen-bond donors (Lipinski definition) is 1. The first-order chi connectivity index (χ1) is 11.1. The van der Waals surface area contributed by atoms with Gasteiger partial charge < -0.3 is 10.1 Å². The fraction of sp³-hybridized carbons (Fsp3) is 0.0625. The van der Waals surface area contributed by atoms with Crippen molar-refractivity contribution in [3.8, 4) is 11.5 Å². The number of thiazole rings is 1. The van der Waals surface area contributed by atoms with Crippen LogP contribution in [0.5, 0.6) is 11.5 Å². The van der Waals surface area contributed by atoms with Crippen LogP contribution in [0.4, 0.5) is 5.69 Å². The second kappa shape index (κ2) is 7.41. The van der Waals surface area contributed by atoms with Crippen LogP contribution in [0.1, 0.15) is 4.88 Å². The largest absolute Gasteiger partial charge is 0.454 e. The van der Waals surface area contributed by atoms with Gasteiger partial charge in [-0.3, -0.25) is 0 Å². The van der Waals surface area contributed by atoms with Crippen molar-refractivity contribution in [2.24, 2.45) is 0 Å². The molecule has 0 unspecified atom stereocenters. The summed E-state index contributed by atoms with van der Waals surface area (Å²) < 4.78 is 6.41. The van der Waals surface area contributed by atoms with Crippen molar-refractivity contribution in [3.63, 3.8) is 0 Å². The Morgan fingerprint density at radius 2 is 1.87 bits per heavy atom. The fourth-order valence-electron chi connectivity index (χ4n) is 1.92. The Kier molecular flexibility index (Phi) is 5.28. The highest BCUT2D eigenvalue weighted by atomic mass is 35.5. The molecule has 0 atom stereocenters.